The second-order valence-corrected chi connectivity index (χ2v) is 8.36. The first-order valence-electron chi connectivity index (χ1n) is 8.63. The van der Waals surface area contributed by atoms with E-state index >= 15 is 0 Å². The van der Waals surface area contributed by atoms with Crippen molar-refractivity contribution in [3.05, 3.63) is 107 Å². The summed E-state index contributed by atoms with van der Waals surface area (Å²) in [5, 5.41) is -1.16. The molecule has 1 fully saturated rings. The predicted octanol–water partition coefficient (Wildman–Crippen LogP) is 4.33. The van der Waals surface area contributed by atoms with Gasteiger partial charge in [0.1, 0.15) is 10.7 Å². The number of benzene rings is 3. The van der Waals surface area contributed by atoms with E-state index in [0.717, 1.165) is 0 Å². The van der Waals surface area contributed by atoms with Crippen LogP contribution < -0.4 is 4.90 Å². The highest BCUT2D eigenvalue weighted by Gasteiger charge is 2.50. The smallest absolute Gasteiger partial charge is 0.271 e. The molecule has 0 spiro atoms. The predicted molar refractivity (Wildman–Crippen MR) is 106 cm³/mol. The van der Waals surface area contributed by atoms with Crippen molar-refractivity contribution in [2.45, 2.75) is 5.37 Å². The molecular weight excluding hydrogens is 377 g/mol. The van der Waals surface area contributed by atoms with Crippen LogP contribution in [0.2, 0.25) is 0 Å². The number of nitrogens with zero attached hydrogens (tertiary/aromatic N) is 1. The minimum Gasteiger partial charge on any atom is -0.286 e. The summed E-state index contributed by atoms with van der Waals surface area (Å²) in [6.07, 6.45) is 1.30. The Kier molecular flexibility index (Phi) is 4.57. The number of amides is 1. The van der Waals surface area contributed by atoms with Gasteiger partial charge in [0.05, 0.1) is 0 Å². The maximum Gasteiger partial charge on any atom is 0.271 e. The van der Waals surface area contributed by atoms with Gasteiger partial charge in [-0.15, -0.1) is 0 Å². The first kappa shape index (κ1) is 18.1. The van der Waals surface area contributed by atoms with E-state index in [-0.39, 0.29) is 4.91 Å². The molecule has 3 aromatic carbocycles. The average Bonchev–Trinajstić information content (AvgIpc) is 2.91. The number of anilines is 1. The third-order valence-electron chi connectivity index (χ3n) is 4.55. The summed E-state index contributed by atoms with van der Waals surface area (Å²) < 4.78 is 39.9. The summed E-state index contributed by atoms with van der Waals surface area (Å²) in [4.78, 5) is 14.2. The Labute approximate surface area is 162 Å². The molecule has 0 aromatic heterocycles. The van der Waals surface area contributed by atoms with Gasteiger partial charge < -0.3 is 0 Å². The number of para-hydroxylation sites is 1. The lowest BCUT2D eigenvalue weighted by atomic mass is 10.1. The summed E-state index contributed by atoms with van der Waals surface area (Å²) in [6.45, 7) is 0. The molecule has 4 nitrogen and oxygen atoms in total. The fraction of sp³-hybridized carbons (Fsp3) is 0.0455. The van der Waals surface area contributed by atoms with Crippen LogP contribution in [-0.2, 0) is 14.6 Å². The molecule has 0 saturated carbocycles. The highest BCUT2D eigenvalue weighted by molar-refractivity contribution is 7.97. The first-order chi connectivity index (χ1) is 13.5. The maximum atomic E-state index is 13.4. The third-order valence-corrected chi connectivity index (χ3v) is 6.53. The quantitative estimate of drug-likeness (QED) is 0.623. The Bertz CT molecular complexity index is 1140. The number of hydrogen-bond acceptors (Lipinski definition) is 3. The summed E-state index contributed by atoms with van der Waals surface area (Å²) in [5.41, 5.74) is 1.43. The van der Waals surface area contributed by atoms with Crippen molar-refractivity contribution in [1.29, 1.82) is 0 Å². The molecule has 1 heterocycles. The lowest BCUT2D eigenvalue weighted by Gasteiger charge is -2.23. The van der Waals surface area contributed by atoms with Crippen LogP contribution in [0.5, 0.6) is 0 Å². The molecule has 1 atom stereocenters. The molecular formula is C22H16FNO3S. The van der Waals surface area contributed by atoms with E-state index in [9.17, 15) is 17.6 Å². The average molecular weight is 393 g/mol. The van der Waals surface area contributed by atoms with Crippen molar-refractivity contribution in [2.24, 2.45) is 0 Å². The van der Waals surface area contributed by atoms with Crippen LogP contribution in [0.15, 0.2) is 89.8 Å². The van der Waals surface area contributed by atoms with E-state index in [0.29, 0.717) is 16.8 Å². The van der Waals surface area contributed by atoms with Gasteiger partial charge in [-0.25, -0.2) is 12.8 Å². The van der Waals surface area contributed by atoms with Crippen molar-refractivity contribution in [2.75, 3.05) is 4.90 Å². The van der Waals surface area contributed by atoms with E-state index in [1.807, 2.05) is 0 Å². The zero-order valence-electron chi connectivity index (χ0n) is 14.7. The number of hydrogen-bond donors (Lipinski definition) is 0. The van der Waals surface area contributed by atoms with Crippen LogP contribution in [0, 0.1) is 5.82 Å². The minimum absolute atomic E-state index is 0.309. The molecule has 4 rings (SSSR count). The maximum absolute atomic E-state index is 13.4. The summed E-state index contributed by atoms with van der Waals surface area (Å²) in [6, 6.07) is 22.7. The highest BCUT2D eigenvalue weighted by Crippen LogP contribution is 2.43. The molecule has 1 amide bonds. The molecule has 28 heavy (non-hydrogen) atoms. The Hall–Kier alpha value is -3.25. The second kappa shape index (κ2) is 7.05. The van der Waals surface area contributed by atoms with Crippen LogP contribution in [0.3, 0.4) is 0 Å². The fourth-order valence-electron chi connectivity index (χ4n) is 3.25. The van der Waals surface area contributed by atoms with Gasteiger partial charge in [-0.3, -0.25) is 9.69 Å². The van der Waals surface area contributed by atoms with Crippen molar-refractivity contribution in [1.82, 2.24) is 0 Å². The minimum atomic E-state index is -3.99. The van der Waals surface area contributed by atoms with Gasteiger partial charge in [-0.05, 0) is 41.5 Å². The molecule has 1 saturated heterocycles. The number of carbonyl (C=O) groups excluding carboxylic acids is 1. The van der Waals surface area contributed by atoms with Gasteiger partial charge in [-0.1, -0.05) is 60.7 Å². The van der Waals surface area contributed by atoms with Crippen LogP contribution in [0.25, 0.3) is 6.08 Å². The number of sulfone groups is 1. The zero-order chi connectivity index (χ0) is 19.7. The molecule has 1 aliphatic rings. The monoisotopic (exact) mass is 393 g/mol. The Balaban J connectivity index is 1.90. The van der Waals surface area contributed by atoms with E-state index in [1.165, 1.54) is 35.2 Å². The van der Waals surface area contributed by atoms with E-state index in [2.05, 4.69) is 0 Å². The van der Waals surface area contributed by atoms with Crippen LogP contribution >= 0.6 is 0 Å². The Morgan fingerprint density at radius 1 is 0.821 bits per heavy atom. The normalized spacial score (nSPS) is 19.9. The molecule has 3 aromatic rings. The number of halogens is 1. The largest absolute Gasteiger partial charge is 0.286 e. The van der Waals surface area contributed by atoms with Gasteiger partial charge in [0.2, 0.25) is 9.84 Å². The van der Waals surface area contributed by atoms with Gasteiger partial charge in [0.15, 0.2) is 5.37 Å². The number of carbonyl (C=O) groups is 1. The SMILES string of the molecule is O=C1/C(=C\c2ccc(F)cc2)S(=O)(=O)C(c2ccccc2)N1c1ccccc1. The highest BCUT2D eigenvalue weighted by atomic mass is 32.2. The Morgan fingerprint density at radius 2 is 1.39 bits per heavy atom. The zero-order valence-corrected chi connectivity index (χ0v) is 15.5. The molecule has 1 aliphatic heterocycles. The van der Waals surface area contributed by atoms with Crippen LogP contribution in [0.1, 0.15) is 16.5 Å². The van der Waals surface area contributed by atoms with Gasteiger partial charge in [-0.2, -0.15) is 0 Å². The molecule has 0 aliphatic carbocycles. The fourth-order valence-corrected chi connectivity index (χ4v) is 5.14. The molecule has 0 N–H and O–H groups in total. The third kappa shape index (κ3) is 3.12. The van der Waals surface area contributed by atoms with Crippen molar-refractivity contribution in [3.63, 3.8) is 0 Å². The van der Waals surface area contributed by atoms with Crippen molar-refractivity contribution < 1.29 is 17.6 Å². The summed E-state index contributed by atoms with van der Waals surface area (Å²) in [7, 11) is -3.99. The van der Waals surface area contributed by atoms with Gasteiger partial charge in [0, 0.05) is 5.69 Å². The number of rotatable bonds is 3. The van der Waals surface area contributed by atoms with E-state index in [1.54, 1.807) is 60.7 Å². The molecule has 140 valence electrons. The van der Waals surface area contributed by atoms with E-state index in [4.69, 9.17) is 0 Å². The standard InChI is InChI=1S/C22H16FNO3S/c23-18-13-11-16(12-14-18)15-20-21(25)24(19-9-5-2-6-10-19)22(28(20,26)27)17-7-3-1-4-8-17/h1-15,22H/b20-15+. The molecule has 0 bridgehead atoms. The van der Waals surface area contributed by atoms with Crippen LogP contribution in [-0.4, -0.2) is 14.3 Å². The lowest BCUT2D eigenvalue weighted by Crippen LogP contribution is -2.28. The van der Waals surface area contributed by atoms with Crippen molar-refractivity contribution in [3.8, 4) is 0 Å². The Morgan fingerprint density at radius 3 is 2.00 bits per heavy atom. The first-order valence-corrected chi connectivity index (χ1v) is 10.2. The van der Waals surface area contributed by atoms with Crippen molar-refractivity contribution >= 4 is 27.5 Å². The second-order valence-electron chi connectivity index (χ2n) is 6.38. The van der Waals surface area contributed by atoms with Crippen LogP contribution in [0.4, 0.5) is 10.1 Å². The van der Waals surface area contributed by atoms with Gasteiger partial charge >= 0.3 is 0 Å². The van der Waals surface area contributed by atoms with Gasteiger partial charge in [0.25, 0.3) is 5.91 Å². The topological polar surface area (TPSA) is 54.5 Å². The lowest BCUT2D eigenvalue weighted by molar-refractivity contribution is -0.114. The molecule has 0 radical (unpaired) electrons. The molecule has 1 unspecified atom stereocenters. The summed E-state index contributed by atoms with van der Waals surface area (Å²) in [5.74, 6) is -1.04. The summed E-state index contributed by atoms with van der Waals surface area (Å²) >= 11 is 0. The van der Waals surface area contributed by atoms with E-state index < -0.39 is 26.9 Å². The molecule has 6 heteroatoms.